The Hall–Kier alpha value is -2.26. The van der Waals surface area contributed by atoms with Crippen molar-refractivity contribution in [2.75, 3.05) is 25.5 Å². The molecule has 1 heterocycles. The summed E-state index contributed by atoms with van der Waals surface area (Å²) in [4.78, 5) is 26.6. The van der Waals surface area contributed by atoms with Crippen molar-refractivity contribution in [3.8, 4) is 0 Å². The number of carbonyl (C=O) groups excluding carboxylic acids is 2. The van der Waals surface area contributed by atoms with Gasteiger partial charge in [-0.25, -0.2) is 4.21 Å². The van der Waals surface area contributed by atoms with Crippen LogP contribution >= 0.6 is 11.6 Å². The van der Waals surface area contributed by atoms with E-state index in [-0.39, 0.29) is 34.8 Å². The average molecular weight is 437 g/mol. The highest BCUT2D eigenvalue weighted by Crippen LogP contribution is 2.23. The topological polar surface area (TPSA) is 95.9 Å². The third kappa shape index (κ3) is 5.22. The van der Waals surface area contributed by atoms with Gasteiger partial charge in [0.15, 0.2) is 11.1 Å². The highest BCUT2D eigenvalue weighted by Gasteiger charge is 2.29. The van der Waals surface area contributed by atoms with Crippen molar-refractivity contribution in [1.82, 2.24) is 4.90 Å². The number of amides is 2. The summed E-state index contributed by atoms with van der Waals surface area (Å²) < 4.78 is 26.8. The second-order valence-electron chi connectivity index (χ2n) is 6.67. The highest BCUT2D eigenvalue weighted by atomic mass is 35.5. The number of likely N-dealkylation sites (tertiary alicyclic amines) is 1. The van der Waals surface area contributed by atoms with Crippen LogP contribution in [0.25, 0.3) is 0 Å². The van der Waals surface area contributed by atoms with E-state index in [9.17, 15) is 18.4 Å². The number of methoxy groups -OCH3 is 1. The predicted molar refractivity (Wildman–Crippen MR) is 111 cm³/mol. The zero-order valence-electron chi connectivity index (χ0n) is 15.8. The molecule has 2 unspecified atom stereocenters. The van der Waals surface area contributed by atoms with Crippen LogP contribution in [0.4, 0.5) is 5.69 Å². The second-order valence-corrected chi connectivity index (χ2v) is 8.02. The van der Waals surface area contributed by atoms with E-state index in [2.05, 4.69) is 5.32 Å². The molecule has 1 fully saturated rings. The minimum atomic E-state index is -2.39. The van der Waals surface area contributed by atoms with E-state index >= 15 is 0 Å². The molecule has 1 saturated heterocycles. The molecule has 2 atom stereocenters. The summed E-state index contributed by atoms with van der Waals surface area (Å²) in [5.41, 5.74) is 1.13. The number of rotatable bonds is 6. The van der Waals surface area contributed by atoms with Crippen LogP contribution in [0.5, 0.6) is 0 Å². The fourth-order valence-corrected chi connectivity index (χ4v) is 3.99. The number of nitrogens with one attached hydrogen (secondary N) is 1. The Kier molecular flexibility index (Phi) is 7.02. The van der Waals surface area contributed by atoms with Crippen molar-refractivity contribution in [3.05, 3.63) is 58.6 Å². The minimum absolute atomic E-state index is 0.0367. The number of hydrogen-bond acceptors (Lipinski definition) is 4. The van der Waals surface area contributed by atoms with E-state index < -0.39 is 11.1 Å². The van der Waals surface area contributed by atoms with Gasteiger partial charge in [-0.05, 0) is 36.2 Å². The lowest BCUT2D eigenvalue weighted by Gasteiger charge is -2.18. The van der Waals surface area contributed by atoms with Crippen LogP contribution in [0.15, 0.2) is 47.4 Å². The van der Waals surface area contributed by atoms with Crippen LogP contribution in [-0.4, -0.2) is 51.8 Å². The Morgan fingerprint density at radius 3 is 2.72 bits per heavy atom. The van der Waals surface area contributed by atoms with Gasteiger partial charge in [0.1, 0.15) is 0 Å². The molecule has 0 aromatic heterocycles. The number of nitrogens with zero attached hydrogens (tertiary/aromatic N) is 1. The molecule has 0 radical (unpaired) electrons. The lowest BCUT2D eigenvalue weighted by atomic mass is 10.1. The van der Waals surface area contributed by atoms with Crippen LogP contribution in [0.3, 0.4) is 0 Å². The Morgan fingerprint density at radius 1 is 1.31 bits per heavy atom. The molecule has 0 spiro atoms. The molecule has 0 aliphatic carbocycles. The van der Waals surface area contributed by atoms with E-state index in [1.165, 1.54) is 18.2 Å². The summed E-state index contributed by atoms with van der Waals surface area (Å²) in [6.45, 7) is 0.953. The summed E-state index contributed by atoms with van der Waals surface area (Å²) in [5.74, 6) is -0.662. The molecule has 2 aromatic carbocycles. The monoisotopic (exact) mass is 436 g/mol. The first-order chi connectivity index (χ1) is 13.9. The lowest BCUT2D eigenvalue weighted by molar-refractivity contribution is -0.115. The van der Waals surface area contributed by atoms with E-state index in [4.69, 9.17) is 16.3 Å². The molecular formula is C20H21ClN2O5S. The van der Waals surface area contributed by atoms with Gasteiger partial charge < -0.3 is 19.5 Å². The van der Waals surface area contributed by atoms with Crippen molar-refractivity contribution in [3.63, 3.8) is 0 Å². The van der Waals surface area contributed by atoms with Crippen LogP contribution in [-0.2, 0) is 27.0 Å². The highest BCUT2D eigenvalue weighted by molar-refractivity contribution is 7.79. The minimum Gasteiger partial charge on any atom is -0.380 e. The van der Waals surface area contributed by atoms with E-state index in [0.29, 0.717) is 29.4 Å². The molecule has 0 saturated carbocycles. The number of benzene rings is 2. The third-order valence-electron chi connectivity index (χ3n) is 4.76. The summed E-state index contributed by atoms with van der Waals surface area (Å²) in [6.07, 6.45) is 0.741. The smallest absolute Gasteiger partial charge is 0.255 e. The van der Waals surface area contributed by atoms with Crippen LogP contribution in [0.1, 0.15) is 22.3 Å². The third-order valence-corrected chi connectivity index (χ3v) is 5.84. The molecule has 1 aliphatic heterocycles. The maximum atomic E-state index is 12.8. The normalized spacial score (nSPS) is 17.2. The molecule has 1 aliphatic rings. The molecule has 9 heteroatoms. The lowest BCUT2D eigenvalue weighted by Crippen LogP contribution is -2.30. The Morgan fingerprint density at radius 2 is 2.07 bits per heavy atom. The molecule has 154 valence electrons. The molecule has 2 N–H and O–H groups in total. The summed E-state index contributed by atoms with van der Waals surface area (Å²) in [6, 6.07) is 11.4. The summed E-state index contributed by atoms with van der Waals surface area (Å²) in [5, 5.41) is 3.16. The van der Waals surface area contributed by atoms with E-state index in [0.717, 1.165) is 6.42 Å². The fraction of sp³-hybridized carbons (Fsp3) is 0.300. The van der Waals surface area contributed by atoms with E-state index in [1.807, 2.05) is 0 Å². The second kappa shape index (κ2) is 9.49. The Labute approximate surface area is 176 Å². The van der Waals surface area contributed by atoms with Gasteiger partial charge in [0.2, 0.25) is 5.91 Å². The zero-order chi connectivity index (χ0) is 21.0. The number of ether oxygens (including phenoxy) is 1. The maximum absolute atomic E-state index is 12.8. The van der Waals surface area contributed by atoms with Gasteiger partial charge in [-0.15, -0.1) is 0 Å². The molecule has 3 rings (SSSR count). The Balaban J connectivity index is 1.76. The van der Waals surface area contributed by atoms with Crippen LogP contribution < -0.4 is 5.32 Å². The number of hydrogen-bond donors (Lipinski definition) is 2. The van der Waals surface area contributed by atoms with Gasteiger partial charge in [-0.3, -0.25) is 9.59 Å². The van der Waals surface area contributed by atoms with Gasteiger partial charge in [0, 0.05) is 30.9 Å². The molecule has 7 nitrogen and oxygen atoms in total. The van der Waals surface area contributed by atoms with Crippen molar-refractivity contribution in [2.24, 2.45) is 0 Å². The SMILES string of the molecule is COC1CCN(C(=O)c2ccc(NC(=O)Cc3ccccc3Cl)cc2S(=O)O)C1. The average Bonchev–Trinajstić information content (AvgIpc) is 3.18. The quantitative estimate of drug-likeness (QED) is 0.679. The number of anilines is 1. The van der Waals surface area contributed by atoms with Gasteiger partial charge in [-0.2, -0.15) is 0 Å². The maximum Gasteiger partial charge on any atom is 0.255 e. The summed E-state index contributed by atoms with van der Waals surface area (Å²) >= 11 is 3.68. The zero-order valence-corrected chi connectivity index (χ0v) is 17.3. The van der Waals surface area contributed by atoms with E-state index in [1.54, 1.807) is 36.3 Å². The predicted octanol–water partition coefficient (Wildman–Crippen LogP) is 2.96. The first-order valence-corrected chi connectivity index (χ1v) is 10.5. The number of carbonyl (C=O) groups is 2. The van der Waals surface area contributed by atoms with Gasteiger partial charge in [0.05, 0.1) is 23.0 Å². The first kappa shape index (κ1) is 21.4. The van der Waals surface area contributed by atoms with Crippen molar-refractivity contribution < 1.29 is 23.1 Å². The van der Waals surface area contributed by atoms with Gasteiger partial charge in [-0.1, -0.05) is 29.8 Å². The van der Waals surface area contributed by atoms with Crippen LogP contribution in [0.2, 0.25) is 5.02 Å². The Bertz CT molecular complexity index is 952. The fourth-order valence-electron chi connectivity index (χ4n) is 3.22. The molecular weight excluding hydrogens is 416 g/mol. The molecule has 2 aromatic rings. The van der Waals surface area contributed by atoms with Crippen molar-refractivity contribution in [1.29, 1.82) is 0 Å². The van der Waals surface area contributed by atoms with Gasteiger partial charge >= 0.3 is 0 Å². The first-order valence-electron chi connectivity index (χ1n) is 8.99. The van der Waals surface area contributed by atoms with Crippen molar-refractivity contribution in [2.45, 2.75) is 23.8 Å². The molecule has 2 amide bonds. The standard InChI is InChI=1S/C20H21ClN2O5S/c1-28-15-8-9-23(12-15)20(25)16-7-6-14(11-18(16)29(26)27)22-19(24)10-13-4-2-3-5-17(13)21/h2-7,11,15H,8-10,12H2,1H3,(H,22,24)(H,26,27). The molecule has 0 bridgehead atoms. The summed E-state index contributed by atoms with van der Waals surface area (Å²) in [7, 11) is 1.59. The van der Waals surface area contributed by atoms with Crippen LogP contribution in [0, 0.1) is 0 Å². The molecule has 29 heavy (non-hydrogen) atoms. The van der Waals surface area contributed by atoms with Gasteiger partial charge in [0.25, 0.3) is 5.91 Å². The largest absolute Gasteiger partial charge is 0.380 e. The number of halogens is 1. The van der Waals surface area contributed by atoms with Crippen molar-refractivity contribution >= 4 is 40.2 Å².